The molecule has 0 saturated carbocycles. The Labute approximate surface area is 183 Å². The van der Waals surface area contributed by atoms with Gasteiger partial charge in [0.15, 0.2) is 0 Å². The Hall–Kier alpha value is -3.19. The zero-order valence-electron chi connectivity index (χ0n) is 18.3. The third-order valence-electron chi connectivity index (χ3n) is 4.95. The Bertz CT molecular complexity index is 928. The molecule has 3 rings (SSSR count). The molecule has 164 valence electrons. The van der Waals surface area contributed by atoms with Crippen molar-refractivity contribution in [2.45, 2.75) is 46.3 Å². The Morgan fingerprint density at radius 3 is 2.42 bits per heavy atom. The summed E-state index contributed by atoms with van der Waals surface area (Å²) in [6.45, 7) is 7.22. The van der Waals surface area contributed by atoms with Crippen LogP contribution in [0.4, 0.5) is 5.69 Å². The van der Waals surface area contributed by atoms with E-state index in [1.54, 1.807) is 12.1 Å². The number of nitrogens with zero attached hydrogens (tertiary/aromatic N) is 1. The third-order valence-corrected chi connectivity index (χ3v) is 4.95. The van der Waals surface area contributed by atoms with Gasteiger partial charge < -0.3 is 15.4 Å². The normalized spacial score (nSPS) is 16.1. The summed E-state index contributed by atoms with van der Waals surface area (Å²) < 4.78 is 5.66. The lowest BCUT2D eigenvalue weighted by atomic mass is 10.1. The second kappa shape index (κ2) is 10.7. The van der Waals surface area contributed by atoms with Gasteiger partial charge in [-0.25, -0.2) is 4.99 Å². The number of nitrogens with one attached hydrogen (secondary N) is 3. The minimum absolute atomic E-state index is 0.0843. The fraction of sp³-hybridized carbons (Fsp3) is 0.375. The lowest BCUT2D eigenvalue weighted by molar-refractivity contribution is -0.119. The summed E-state index contributed by atoms with van der Waals surface area (Å²) in [4.78, 5) is 28.5. The van der Waals surface area contributed by atoms with E-state index in [0.29, 0.717) is 24.6 Å². The first-order valence-electron chi connectivity index (χ1n) is 10.5. The number of carbonyl (C=O) groups excluding carboxylic acids is 2. The molecule has 0 spiro atoms. The number of rotatable bonds is 6. The Balaban J connectivity index is 1.71. The molecule has 1 atom stereocenters. The highest BCUT2D eigenvalue weighted by molar-refractivity contribution is 6.10. The number of ether oxygens (including phenoxy) is 1. The molecule has 31 heavy (non-hydrogen) atoms. The standard InChI is InChI=1S/C24H30N4O3/c1-16-11-17(2)13-21(12-16)27-24(26-15-22-5-4-10-31-22)28-23(30)20-8-6-19(7-9-20)14-25-18(3)29/h6-9,11-13,22H,4-5,10,14-15H2,1-3H3,(H,25,29)(H2,26,27,28,30). The van der Waals surface area contributed by atoms with E-state index >= 15 is 0 Å². The van der Waals surface area contributed by atoms with Gasteiger partial charge in [0.25, 0.3) is 5.91 Å². The van der Waals surface area contributed by atoms with Crippen molar-refractivity contribution in [1.29, 1.82) is 0 Å². The molecular weight excluding hydrogens is 392 g/mol. The molecule has 7 heteroatoms. The molecule has 0 aromatic heterocycles. The summed E-state index contributed by atoms with van der Waals surface area (Å²) in [7, 11) is 0. The maximum atomic E-state index is 12.8. The number of amides is 2. The summed E-state index contributed by atoms with van der Waals surface area (Å²) in [5.74, 6) is 0.0493. The SMILES string of the molecule is CC(=O)NCc1ccc(C(=O)NC(=NCC2CCCO2)Nc2cc(C)cc(C)c2)cc1. The Kier molecular flexibility index (Phi) is 7.78. The summed E-state index contributed by atoms with van der Waals surface area (Å²) in [6.07, 6.45) is 2.10. The maximum Gasteiger partial charge on any atom is 0.257 e. The van der Waals surface area contributed by atoms with Gasteiger partial charge in [-0.2, -0.15) is 0 Å². The molecule has 2 aromatic rings. The lowest BCUT2D eigenvalue weighted by Gasteiger charge is -2.14. The lowest BCUT2D eigenvalue weighted by Crippen LogP contribution is -2.36. The zero-order chi connectivity index (χ0) is 22.2. The van der Waals surface area contributed by atoms with Crippen LogP contribution >= 0.6 is 0 Å². The molecule has 1 saturated heterocycles. The molecule has 0 radical (unpaired) electrons. The number of anilines is 1. The maximum absolute atomic E-state index is 12.8. The van der Waals surface area contributed by atoms with Gasteiger partial charge in [0, 0.05) is 31.3 Å². The van der Waals surface area contributed by atoms with Crippen LogP contribution in [0.2, 0.25) is 0 Å². The molecule has 0 bridgehead atoms. The highest BCUT2D eigenvalue weighted by Crippen LogP contribution is 2.15. The van der Waals surface area contributed by atoms with Crippen molar-refractivity contribution in [1.82, 2.24) is 10.6 Å². The monoisotopic (exact) mass is 422 g/mol. The molecule has 1 fully saturated rings. The first-order chi connectivity index (χ1) is 14.9. The van der Waals surface area contributed by atoms with Crippen LogP contribution < -0.4 is 16.0 Å². The number of aryl methyl sites for hydroxylation is 2. The van der Waals surface area contributed by atoms with Gasteiger partial charge in [0.05, 0.1) is 12.6 Å². The van der Waals surface area contributed by atoms with E-state index in [0.717, 1.165) is 41.8 Å². The molecule has 2 amide bonds. The van der Waals surface area contributed by atoms with Crippen LogP contribution in [-0.4, -0.2) is 37.0 Å². The molecule has 1 aliphatic rings. The van der Waals surface area contributed by atoms with Crippen molar-refractivity contribution in [3.63, 3.8) is 0 Å². The second-order valence-electron chi connectivity index (χ2n) is 7.89. The van der Waals surface area contributed by atoms with Crippen molar-refractivity contribution >= 4 is 23.5 Å². The van der Waals surface area contributed by atoms with E-state index in [2.05, 4.69) is 27.0 Å². The van der Waals surface area contributed by atoms with Gasteiger partial charge in [0.1, 0.15) is 0 Å². The van der Waals surface area contributed by atoms with E-state index in [4.69, 9.17) is 4.74 Å². The highest BCUT2D eigenvalue weighted by atomic mass is 16.5. The summed E-state index contributed by atoms with van der Waals surface area (Å²) in [6, 6.07) is 13.2. The minimum atomic E-state index is -0.256. The van der Waals surface area contributed by atoms with Crippen LogP contribution in [0, 0.1) is 13.8 Å². The molecule has 0 aliphatic carbocycles. The number of carbonyl (C=O) groups is 2. The average Bonchev–Trinajstić information content (AvgIpc) is 3.23. The number of guanidine groups is 1. The quantitative estimate of drug-likeness (QED) is 0.492. The highest BCUT2D eigenvalue weighted by Gasteiger charge is 2.16. The van der Waals surface area contributed by atoms with Crippen LogP contribution in [0.15, 0.2) is 47.5 Å². The van der Waals surface area contributed by atoms with Gasteiger partial charge in [-0.15, -0.1) is 0 Å². The molecular formula is C24H30N4O3. The predicted octanol–water partition coefficient (Wildman–Crippen LogP) is 3.32. The van der Waals surface area contributed by atoms with Crippen molar-refractivity contribution in [2.75, 3.05) is 18.5 Å². The van der Waals surface area contributed by atoms with Crippen LogP contribution in [0.1, 0.15) is 46.8 Å². The topological polar surface area (TPSA) is 91.8 Å². The molecule has 1 aliphatic heterocycles. The predicted molar refractivity (Wildman–Crippen MR) is 122 cm³/mol. The molecule has 3 N–H and O–H groups in total. The van der Waals surface area contributed by atoms with Crippen molar-refractivity contribution < 1.29 is 14.3 Å². The Morgan fingerprint density at radius 2 is 1.81 bits per heavy atom. The van der Waals surface area contributed by atoms with E-state index in [1.165, 1.54) is 6.92 Å². The van der Waals surface area contributed by atoms with E-state index in [9.17, 15) is 9.59 Å². The third kappa shape index (κ3) is 7.22. The van der Waals surface area contributed by atoms with Crippen molar-refractivity contribution in [3.8, 4) is 0 Å². The molecule has 1 unspecified atom stereocenters. The van der Waals surface area contributed by atoms with Crippen LogP contribution in [0.25, 0.3) is 0 Å². The number of benzene rings is 2. The number of hydrogen-bond donors (Lipinski definition) is 3. The van der Waals surface area contributed by atoms with E-state index < -0.39 is 0 Å². The molecule has 2 aromatic carbocycles. The van der Waals surface area contributed by atoms with Gasteiger partial charge >= 0.3 is 0 Å². The first-order valence-corrected chi connectivity index (χ1v) is 10.5. The van der Waals surface area contributed by atoms with E-state index in [1.807, 2.05) is 38.1 Å². The van der Waals surface area contributed by atoms with E-state index in [-0.39, 0.29) is 17.9 Å². The van der Waals surface area contributed by atoms with Crippen LogP contribution in [0.3, 0.4) is 0 Å². The van der Waals surface area contributed by atoms with Crippen molar-refractivity contribution in [3.05, 3.63) is 64.7 Å². The molecule has 7 nitrogen and oxygen atoms in total. The van der Waals surface area contributed by atoms with Crippen LogP contribution in [-0.2, 0) is 16.1 Å². The number of hydrogen-bond acceptors (Lipinski definition) is 4. The zero-order valence-corrected chi connectivity index (χ0v) is 18.3. The summed E-state index contributed by atoms with van der Waals surface area (Å²) in [5, 5.41) is 8.88. The molecule has 1 heterocycles. The fourth-order valence-corrected chi connectivity index (χ4v) is 3.46. The Morgan fingerprint density at radius 1 is 1.10 bits per heavy atom. The average molecular weight is 423 g/mol. The number of aliphatic imine (C=N–C) groups is 1. The van der Waals surface area contributed by atoms with Gasteiger partial charge in [-0.3, -0.25) is 14.9 Å². The van der Waals surface area contributed by atoms with Gasteiger partial charge in [-0.05, 0) is 67.6 Å². The smallest absolute Gasteiger partial charge is 0.257 e. The largest absolute Gasteiger partial charge is 0.376 e. The fourth-order valence-electron chi connectivity index (χ4n) is 3.46. The minimum Gasteiger partial charge on any atom is -0.376 e. The summed E-state index contributed by atoms with van der Waals surface area (Å²) >= 11 is 0. The second-order valence-corrected chi connectivity index (χ2v) is 7.89. The summed E-state index contributed by atoms with van der Waals surface area (Å²) in [5.41, 5.74) is 4.56. The van der Waals surface area contributed by atoms with Crippen LogP contribution in [0.5, 0.6) is 0 Å². The first kappa shape index (κ1) is 22.5. The van der Waals surface area contributed by atoms with Gasteiger partial charge in [0.2, 0.25) is 11.9 Å². The van der Waals surface area contributed by atoms with Gasteiger partial charge in [-0.1, -0.05) is 18.2 Å². The van der Waals surface area contributed by atoms with Crippen molar-refractivity contribution in [2.24, 2.45) is 4.99 Å².